The molecule has 0 aromatic heterocycles. The number of amides is 1. The molecular weight excluding hydrogens is 310 g/mol. The van der Waals surface area contributed by atoms with Gasteiger partial charge in [0.2, 0.25) is 0 Å². The summed E-state index contributed by atoms with van der Waals surface area (Å²) in [6, 6.07) is 3.77. The summed E-state index contributed by atoms with van der Waals surface area (Å²) >= 11 is 0. The van der Waals surface area contributed by atoms with Crippen molar-refractivity contribution in [1.29, 1.82) is 0 Å². The van der Waals surface area contributed by atoms with Gasteiger partial charge in [0.15, 0.2) is 11.6 Å². The number of benzene rings is 1. The molecule has 0 bridgehead atoms. The van der Waals surface area contributed by atoms with Crippen LogP contribution in [0.4, 0.5) is 8.78 Å². The fourth-order valence-electron chi connectivity index (χ4n) is 3.48. The van der Waals surface area contributed by atoms with Crippen LogP contribution in [0.2, 0.25) is 0 Å². The van der Waals surface area contributed by atoms with Crippen LogP contribution in [-0.4, -0.2) is 37.0 Å². The molecule has 2 aliphatic heterocycles. The Kier molecular flexibility index (Phi) is 5.40. The van der Waals surface area contributed by atoms with Crippen LogP contribution >= 0.6 is 12.4 Å². The molecule has 3 rings (SSSR count). The number of nitrogens with zero attached hydrogens (tertiary/aromatic N) is 1. The summed E-state index contributed by atoms with van der Waals surface area (Å²) in [4.78, 5) is 14.0. The van der Waals surface area contributed by atoms with Crippen LogP contribution in [0, 0.1) is 17.0 Å². The highest BCUT2D eigenvalue weighted by atomic mass is 35.5. The van der Waals surface area contributed by atoms with Gasteiger partial charge in [0.25, 0.3) is 5.91 Å². The fourth-order valence-corrected chi connectivity index (χ4v) is 3.48. The quantitative estimate of drug-likeness (QED) is 0.858. The summed E-state index contributed by atoms with van der Waals surface area (Å²) in [5.74, 6) is -2.40. The largest absolute Gasteiger partial charge is 0.339 e. The van der Waals surface area contributed by atoms with Gasteiger partial charge >= 0.3 is 0 Å². The predicted octanol–water partition coefficient (Wildman–Crippen LogP) is 2.99. The molecule has 1 amide bonds. The highest BCUT2D eigenvalue weighted by Gasteiger charge is 2.37. The van der Waals surface area contributed by atoms with E-state index in [4.69, 9.17) is 0 Å². The molecule has 2 saturated heterocycles. The SMILES string of the molecule is Cl.O=C(c1cccc(F)c1F)N1CCC2(CCNCC2)CC1. The number of piperidine rings is 2. The van der Waals surface area contributed by atoms with Crippen molar-refractivity contribution in [3.63, 3.8) is 0 Å². The van der Waals surface area contributed by atoms with Crippen molar-refractivity contribution in [1.82, 2.24) is 10.2 Å². The average Bonchev–Trinajstić information content (AvgIpc) is 2.51. The first-order chi connectivity index (χ1) is 10.1. The highest BCUT2D eigenvalue weighted by molar-refractivity contribution is 5.94. The number of carbonyl (C=O) groups excluding carboxylic acids is 1. The van der Waals surface area contributed by atoms with Gasteiger partial charge in [-0.25, -0.2) is 8.78 Å². The van der Waals surface area contributed by atoms with Crippen LogP contribution in [0.3, 0.4) is 0 Å². The van der Waals surface area contributed by atoms with Gasteiger partial charge in [-0.3, -0.25) is 4.79 Å². The van der Waals surface area contributed by atoms with Crippen LogP contribution in [0.25, 0.3) is 0 Å². The van der Waals surface area contributed by atoms with Crippen molar-refractivity contribution in [2.75, 3.05) is 26.2 Å². The Balaban J connectivity index is 0.00000176. The zero-order chi connectivity index (χ0) is 14.9. The normalized spacial score (nSPS) is 20.5. The molecule has 1 aromatic carbocycles. The van der Waals surface area contributed by atoms with E-state index in [0.29, 0.717) is 18.5 Å². The third-order valence-corrected chi connectivity index (χ3v) is 4.96. The van der Waals surface area contributed by atoms with Gasteiger partial charge in [0.1, 0.15) is 0 Å². The third-order valence-electron chi connectivity index (χ3n) is 4.96. The maximum absolute atomic E-state index is 13.7. The number of rotatable bonds is 1. The Hall–Kier alpha value is -1.20. The standard InChI is InChI=1S/C16H20F2N2O.ClH/c17-13-3-1-2-12(14(13)18)15(21)20-10-6-16(7-11-20)4-8-19-9-5-16;/h1-3,19H,4-11H2;1H. The molecule has 6 heteroatoms. The Morgan fingerprint density at radius 1 is 1.09 bits per heavy atom. The van der Waals surface area contributed by atoms with E-state index in [9.17, 15) is 13.6 Å². The second-order valence-corrected chi connectivity index (χ2v) is 6.14. The van der Waals surface area contributed by atoms with Gasteiger partial charge in [-0.15, -0.1) is 12.4 Å². The van der Waals surface area contributed by atoms with Gasteiger partial charge in [-0.05, 0) is 56.3 Å². The second-order valence-electron chi connectivity index (χ2n) is 6.14. The van der Waals surface area contributed by atoms with Gasteiger partial charge in [-0.1, -0.05) is 6.07 Å². The van der Waals surface area contributed by atoms with E-state index in [1.807, 2.05) is 0 Å². The molecule has 2 fully saturated rings. The zero-order valence-electron chi connectivity index (χ0n) is 12.4. The Labute approximate surface area is 135 Å². The molecule has 22 heavy (non-hydrogen) atoms. The number of likely N-dealkylation sites (tertiary alicyclic amines) is 1. The van der Waals surface area contributed by atoms with E-state index >= 15 is 0 Å². The lowest BCUT2D eigenvalue weighted by atomic mass is 9.71. The summed E-state index contributed by atoms with van der Waals surface area (Å²) in [6.07, 6.45) is 4.20. The zero-order valence-corrected chi connectivity index (χ0v) is 13.2. The molecule has 2 aliphatic rings. The van der Waals surface area contributed by atoms with E-state index < -0.39 is 17.5 Å². The monoisotopic (exact) mass is 330 g/mol. The minimum atomic E-state index is -1.04. The summed E-state index contributed by atoms with van der Waals surface area (Å²) in [6.45, 7) is 3.34. The van der Waals surface area contributed by atoms with Gasteiger partial charge in [0.05, 0.1) is 5.56 Å². The molecule has 2 heterocycles. The fraction of sp³-hybridized carbons (Fsp3) is 0.562. The molecule has 0 aliphatic carbocycles. The molecule has 122 valence electrons. The first-order valence-corrected chi connectivity index (χ1v) is 7.55. The van der Waals surface area contributed by atoms with E-state index in [1.54, 1.807) is 4.90 Å². The molecule has 3 nitrogen and oxygen atoms in total. The Bertz CT molecular complexity index is 537. The molecular formula is C16H21ClF2N2O. The molecule has 1 aromatic rings. The average molecular weight is 331 g/mol. The first-order valence-electron chi connectivity index (χ1n) is 7.55. The van der Waals surface area contributed by atoms with Crippen molar-refractivity contribution in [2.45, 2.75) is 25.7 Å². The van der Waals surface area contributed by atoms with Gasteiger partial charge in [0, 0.05) is 13.1 Å². The minimum Gasteiger partial charge on any atom is -0.339 e. The second kappa shape index (κ2) is 6.92. The van der Waals surface area contributed by atoms with E-state index in [0.717, 1.165) is 44.8 Å². The summed E-state index contributed by atoms with van der Waals surface area (Å²) < 4.78 is 27.0. The van der Waals surface area contributed by atoms with Crippen LogP contribution in [0.1, 0.15) is 36.0 Å². The van der Waals surface area contributed by atoms with Crippen LogP contribution in [-0.2, 0) is 0 Å². The molecule has 0 radical (unpaired) electrons. The molecule has 0 saturated carbocycles. The lowest BCUT2D eigenvalue weighted by Gasteiger charge is -2.44. The van der Waals surface area contributed by atoms with Crippen molar-refractivity contribution < 1.29 is 13.6 Å². The number of nitrogens with one attached hydrogen (secondary N) is 1. The lowest BCUT2D eigenvalue weighted by Crippen LogP contribution is -2.47. The van der Waals surface area contributed by atoms with E-state index in [1.165, 1.54) is 12.1 Å². The van der Waals surface area contributed by atoms with Crippen LogP contribution < -0.4 is 5.32 Å². The van der Waals surface area contributed by atoms with Crippen molar-refractivity contribution in [3.05, 3.63) is 35.4 Å². The molecule has 0 atom stereocenters. The van der Waals surface area contributed by atoms with Crippen molar-refractivity contribution >= 4 is 18.3 Å². The van der Waals surface area contributed by atoms with Crippen LogP contribution in [0.5, 0.6) is 0 Å². The smallest absolute Gasteiger partial charge is 0.256 e. The summed E-state index contributed by atoms with van der Waals surface area (Å²) in [5.41, 5.74) is 0.180. The Morgan fingerprint density at radius 2 is 1.73 bits per heavy atom. The highest BCUT2D eigenvalue weighted by Crippen LogP contribution is 2.39. The number of hydrogen-bond acceptors (Lipinski definition) is 2. The molecule has 1 N–H and O–H groups in total. The number of carbonyl (C=O) groups is 1. The van der Waals surface area contributed by atoms with Gasteiger partial charge < -0.3 is 10.2 Å². The van der Waals surface area contributed by atoms with E-state index in [-0.39, 0.29) is 18.0 Å². The van der Waals surface area contributed by atoms with Crippen molar-refractivity contribution in [2.24, 2.45) is 5.41 Å². The summed E-state index contributed by atoms with van der Waals surface area (Å²) in [5, 5.41) is 3.36. The molecule has 1 spiro atoms. The van der Waals surface area contributed by atoms with E-state index in [2.05, 4.69) is 5.32 Å². The lowest BCUT2D eigenvalue weighted by molar-refractivity contribution is 0.0491. The molecule has 0 unspecified atom stereocenters. The minimum absolute atomic E-state index is 0. The van der Waals surface area contributed by atoms with Crippen molar-refractivity contribution in [3.8, 4) is 0 Å². The van der Waals surface area contributed by atoms with Crippen LogP contribution in [0.15, 0.2) is 18.2 Å². The Morgan fingerprint density at radius 3 is 2.36 bits per heavy atom. The topological polar surface area (TPSA) is 32.3 Å². The third kappa shape index (κ3) is 3.25. The maximum Gasteiger partial charge on any atom is 0.256 e. The number of halogens is 3. The summed E-state index contributed by atoms with van der Waals surface area (Å²) in [7, 11) is 0. The van der Waals surface area contributed by atoms with Gasteiger partial charge in [-0.2, -0.15) is 0 Å². The number of hydrogen-bond donors (Lipinski definition) is 1. The predicted molar refractivity (Wildman–Crippen MR) is 83.3 cm³/mol. The first kappa shape index (κ1) is 17.2. The maximum atomic E-state index is 13.7.